The number of amidine groups is 1. The van der Waals surface area contributed by atoms with E-state index in [1.807, 2.05) is 20.8 Å². The molecule has 1 atom stereocenters. The summed E-state index contributed by atoms with van der Waals surface area (Å²) in [5, 5.41) is 26.6. The Kier molecular flexibility index (Phi) is 6.62. The molecule has 32 heavy (non-hydrogen) atoms. The summed E-state index contributed by atoms with van der Waals surface area (Å²) in [6.45, 7) is 14.9. The van der Waals surface area contributed by atoms with E-state index in [1.165, 1.54) is 0 Å². The molecule has 0 bridgehead atoms. The predicted molar refractivity (Wildman–Crippen MR) is 133 cm³/mol. The van der Waals surface area contributed by atoms with E-state index in [0.29, 0.717) is 28.3 Å². The highest BCUT2D eigenvalue weighted by Gasteiger charge is 2.49. The highest BCUT2D eigenvalue weighted by molar-refractivity contribution is 7.72. The third-order valence-corrected chi connectivity index (χ3v) is 7.64. The SMILES string of the molecule is CCO[P+]1(O)N=C(c2c(O)c(C(C)(C)C)n(CCC(C)(C)C)c2O)Nc2ccc(Cl)cc21. The van der Waals surface area contributed by atoms with Crippen LogP contribution in [0.4, 0.5) is 5.69 Å². The minimum atomic E-state index is -3.42. The third kappa shape index (κ3) is 4.76. The monoisotopic (exact) mass is 482 g/mol. The van der Waals surface area contributed by atoms with Crippen molar-refractivity contribution in [3.63, 3.8) is 0 Å². The van der Waals surface area contributed by atoms with Crippen LogP contribution in [0.5, 0.6) is 11.6 Å². The van der Waals surface area contributed by atoms with E-state index in [9.17, 15) is 15.1 Å². The summed E-state index contributed by atoms with van der Waals surface area (Å²) in [6.07, 6.45) is 0.800. The van der Waals surface area contributed by atoms with E-state index in [1.54, 1.807) is 29.7 Å². The van der Waals surface area contributed by atoms with E-state index < -0.39 is 13.3 Å². The van der Waals surface area contributed by atoms with Gasteiger partial charge in [-0.15, -0.1) is 0 Å². The smallest absolute Gasteiger partial charge is 0.432 e. The Labute approximate surface area is 195 Å². The van der Waals surface area contributed by atoms with Crippen LogP contribution < -0.4 is 10.6 Å². The molecule has 4 N–H and O–H groups in total. The topological polar surface area (TPSA) is 99.2 Å². The van der Waals surface area contributed by atoms with Gasteiger partial charge >= 0.3 is 7.87 Å². The van der Waals surface area contributed by atoms with Crippen LogP contribution in [0.3, 0.4) is 0 Å². The molecular formula is C23H34ClN3O4P+. The summed E-state index contributed by atoms with van der Waals surface area (Å²) in [4.78, 5) is 11.3. The summed E-state index contributed by atoms with van der Waals surface area (Å²) < 4.78 is 11.9. The van der Waals surface area contributed by atoms with Crippen molar-refractivity contribution in [1.29, 1.82) is 0 Å². The van der Waals surface area contributed by atoms with Crippen molar-refractivity contribution in [3.8, 4) is 11.6 Å². The molecule has 1 unspecified atom stereocenters. The summed E-state index contributed by atoms with van der Waals surface area (Å²) in [6, 6.07) is 5.05. The molecule has 0 amide bonds. The van der Waals surface area contributed by atoms with Gasteiger partial charge < -0.3 is 20.1 Å². The Morgan fingerprint density at radius 1 is 1.16 bits per heavy atom. The molecule has 0 saturated carbocycles. The van der Waals surface area contributed by atoms with Gasteiger partial charge in [0.2, 0.25) is 11.2 Å². The summed E-state index contributed by atoms with van der Waals surface area (Å²) >= 11 is 6.15. The van der Waals surface area contributed by atoms with Gasteiger partial charge in [-0.05, 0) is 35.7 Å². The number of benzene rings is 1. The average Bonchev–Trinajstić information content (AvgIpc) is 2.90. The van der Waals surface area contributed by atoms with Crippen LogP contribution >= 0.6 is 19.5 Å². The second kappa shape index (κ2) is 8.53. The van der Waals surface area contributed by atoms with Gasteiger partial charge in [-0.1, -0.05) is 53.1 Å². The number of aromatic hydroxyl groups is 2. The zero-order chi connectivity index (χ0) is 24.1. The maximum atomic E-state index is 11.3. The normalized spacial score (nSPS) is 18.8. The number of aromatic nitrogens is 1. The van der Waals surface area contributed by atoms with Crippen molar-refractivity contribution in [2.24, 2.45) is 10.2 Å². The van der Waals surface area contributed by atoms with E-state index in [-0.39, 0.29) is 35.1 Å². The Balaban J connectivity index is 2.20. The van der Waals surface area contributed by atoms with Gasteiger partial charge in [0.25, 0.3) is 0 Å². The first kappa shape index (κ1) is 24.8. The maximum Gasteiger partial charge on any atom is 0.432 e. The molecule has 0 spiro atoms. The van der Waals surface area contributed by atoms with Crippen LogP contribution in [0, 0.1) is 5.41 Å². The van der Waals surface area contributed by atoms with Gasteiger partial charge in [-0.2, -0.15) is 9.42 Å². The van der Waals surface area contributed by atoms with Gasteiger partial charge in [-0.25, -0.2) is 0 Å². The van der Waals surface area contributed by atoms with Crippen LogP contribution in [0.2, 0.25) is 5.02 Å². The number of halogens is 1. The molecule has 1 aliphatic heterocycles. The molecule has 1 aromatic heterocycles. The molecule has 2 heterocycles. The van der Waals surface area contributed by atoms with E-state index >= 15 is 0 Å². The maximum absolute atomic E-state index is 11.3. The molecular weight excluding hydrogens is 449 g/mol. The number of nitrogens with one attached hydrogen (secondary N) is 1. The molecule has 0 aliphatic carbocycles. The van der Waals surface area contributed by atoms with Gasteiger partial charge in [0, 0.05) is 23.0 Å². The quantitative estimate of drug-likeness (QED) is 0.417. The molecule has 0 saturated heterocycles. The Morgan fingerprint density at radius 2 is 1.81 bits per heavy atom. The second-order valence-electron chi connectivity index (χ2n) is 10.3. The number of hydrogen-bond acceptors (Lipinski definition) is 6. The number of nitrogens with zero attached hydrogens (tertiary/aromatic N) is 2. The lowest BCUT2D eigenvalue weighted by Gasteiger charge is -2.25. The molecule has 9 heteroatoms. The first-order valence-corrected chi connectivity index (χ1v) is 12.8. The Morgan fingerprint density at radius 3 is 2.38 bits per heavy atom. The van der Waals surface area contributed by atoms with Crippen LogP contribution in [-0.4, -0.2) is 32.1 Å². The van der Waals surface area contributed by atoms with Crippen LogP contribution in [-0.2, 0) is 16.5 Å². The van der Waals surface area contributed by atoms with Gasteiger partial charge in [0.05, 0.1) is 18.0 Å². The molecule has 0 fully saturated rings. The van der Waals surface area contributed by atoms with E-state index in [2.05, 4.69) is 30.9 Å². The first-order valence-electron chi connectivity index (χ1n) is 10.8. The minimum Gasteiger partial charge on any atom is -0.505 e. The van der Waals surface area contributed by atoms with Gasteiger partial charge in [0.1, 0.15) is 5.56 Å². The molecule has 2 aromatic rings. The molecule has 7 nitrogen and oxygen atoms in total. The number of hydrogen-bond donors (Lipinski definition) is 4. The largest absolute Gasteiger partial charge is 0.505 e. The van der Waals surface area contributed by atoms with Crippen molar-refractivity contribution < 1.29 is 19.6 Å². The predicted octanol–water partition coefficient (Wildman–Crippen LogP) is 5.58. The van der Waals surface area contributed by atoms with Crippen LogP contribution in [0.25, 0.3) is 0 Å². The lowest BCUT2D eigenvalue weighted by molar-refractivity contribution is 0.318. The minimum absolute atomic E-state index is 0.0429. The fourth-order valence-corrected chi connectivity index (χ4v) is 5.91. The Hall–Kier alpha value is -1.79. The van der Waals surface area contributed by atoms with Gasteiger partial charge in [-0.3, -0.25) is 0 Å². The molecule has 3 rings (SSSR count). The fraction of sp³-hybridized carbons (Fsp3) is 0.522. The third-order valence-electron chi connectivity index (χ3n) is 5.31. The van der Waals surface area contributed by atoms with Gasteiger partial charge in [0.15, 0.2) is 11.6 Å². The lowest BCUT2D eigenvalue weighted by atomic mass is 9.89. The van der Waals surface area contributed by atoms with Crippen molar-refractivity contribution in [1.82, 2.24) is 4.57 Å². The first-order chi connectivity index (χ1) is 14.7. The summed E-state index contributed by atoms with van der Waals surface area (Å²) in [5.41, 5.74) is 0.939. The summed E-state index contributed by atoms with van der Waals surface area (Å²) in [5.74, 6) is 0.0122. The summed E-state index contributed by atoms with van der Waals surface area (Å²) in [7, 11) is -3.42. The standard InChI is InChI=1S/C23H33ClN3O4P/c1-8-31-32(30)16-13-14(24)9-10-15(16)25-20(26-32)17-18(28)19(23(5,6)7)27(21(17)29)12-11-22(2,3)4/h9-10,13,30H,8,11-12H2,1-7H3,(H2-,25,26,28,29)/p+1. The fourth-order valence-electron chi connectivity index (χ4n) is 3.82. The van der Waals surface area contributed by atoms with E-state index in [0.717, 1.165) is 6.42 Å². The van der Waals surface area contributed by atoms with Crippen molar-refractivity contribution in [2.45, 2.75) is 66.8 Å². The van der Waals surface area contributed by atoms with Crippen LogP contribution in [0.1, 0.15) is 66.1 Å². The average molecular weight is 483 g/mol. The number of fused-ring (bicyclic) bond motifs is 1. The van der Waals surface area contributed by atoms with Crippen LogP contribution in [0.15, 0.2) is 23.0 Å². The highest BCUT2D eigenvalue weighted by atomic mass is 35.5. The molecule has 1 aliphatic rings. The van der Waals surface area contributed by atoms with E-state index in [4.69, 9.17) is 16.1 Å². The second-order valence-corrected chi connectivity index (χ2v) is 12.8. The Bertz CT molecular complexity index is 1050. The number of anilines is 1. The van der Waals surface area contributed by atoms with Crippen molar-refractivity contribution in [3.05, 3.63) is 34.5 Å². The molecule has 176 valence electrons. The zero-order valence-electron chi connectivity index (χ0n) is 19.8. The van der Waals surface area contributed by atoms with Crippen molar-refractivity contribution >= 4 is 36.3 Å². The highest BCUT2D eigenvalue weighted by Crippen LogP contribution is 2.60. The molecule has 1 aromatic carbocycles. The van der Waals surface area contributed by atoms with Crippen molar-refractivity contribution in [2.75, 3.05) is 11.9 Å². The lowest BCUT2D eigenvalue weighted by Crippen LogP contribution is -2.28. The zero-order valence-corrected chi connectivity index (χ0v) is 21.5. The molecule has 0 radical (unpaired) electrons. The number of rotatable bonds is 5.